The van der Waals surface area contributed by atoms with Gasteiger partial charge in [-0.3, -0.25) is 0 Å². The van der Waals surface area contributed by atoms with Gasteiger partial charge in [0.25, 0.3) is 0 Å². The first-order valence-corrected chi connectivity index (χ1v) is 8.69. The minimum Gasteiger partial charge on any atom is -0.395 e. The summed E-state index contributed by atoms with van der Waals surface area (Å²) in [5.74, 6) is 0.932. The summed E-state index contributed by atoms with van der Waals surface area (Å²) >= 11 is 8.56. The molecule has 4 N–H and O–H groups in total. The van der Waals surface area contributed by atoms with E-state index < -0.39 is 0 Å². The highest BCUT2D eigenvalue weighted by Crippen LogP contribution is 2.32. The maximum atomic E-state index is 9.53. The van der Waals surface area contributed by atoms with Crippen molar-refractivity contribution in [3.8, 4) is 6.07 Å². The van der Waals surface area contributed by atoms with Gasteiger partial charge >= 0.3 is 0 Å². The maximum Gasteiger partial charge on any atom is 0.156 e. The molecule has 0 fully saturated rings. The molecule has 0 aliphatic rings. The van der Waals surface area contributed by atoms with Crippen LogP contribution in [0.25, 0.3) is 0 Å². The zero-order valence-corrected chi connectivity index (χ0v) is 15.8. The van der Waals surface area contributed by atoms with Gasteiger partial charge in [0.15, 0.2) is 11.6 Å². The Balaban J connectivity index is 2.00. The summed E-state index contributed by atoms with van der Waals surface area (Å²) in [6, 6.07) is 17.2. The van der Waals surface area contributed by atoms with Crippen molar-refractivity contribution >= 4 is 54.0 Å². The van der Waals surface area contributed by atoms with Crippen LogP contribution in [0.15, 0.2) is 58.3 Å². The van der Waals surface area contributed by atoms with Crippen molar-refractivity contribution < 1.29 is 0 Å². The normalized spacial score (nSPS) is 10.2. The van der Waals surface area contributed by atoms with Crippen LogP contribution < -0.4 is 16.4 Å². The number of hydrogen-bond donors (Lipinski definition) is 5. The third-order valence-electron chi connectivity index (χ3n) is 3.87. The van der Waals surface area contributed by atoms with Gasteiger partial charge in [-0.25, -0.2) is 4.98 Å². The van der Waals surface area contributed by atoms with Crippen LogP contribution in [-0.2, 0) is 0 Å². The second kappa shape index (κ2) is 7.60. The van der Waals surface area contributed by atoms with Gasteiger partial charge in [-0.15, -0.1) is 25.3 Å². The quantitative estimate of drug-likeness (QED) is 0.416. The molecule has 0 atom stereocenters. The largest absolute Gasteiger partial charge is 0.395 e. The van der Waals surface area contributed by atoms with Crippen LogP contribution in [0.4, 0.5) is 28.7 Å². The molecule has 0 bridgehead atoms. The van der Waals surface area contributed by atoms with Crippen molar-refractivity contribution in [1.29, 1.82) is 5.26 Å². The molecular weight excluding hydrogens is 362 g/mol. The molecule has 1 heterocycles. The summed E-state index contributed by atoms with van der Waals surface area (Å²) in [6.07, 6.45) is 0. The number of pyridine rings is 1. The van der Waals surface area contributed by atoms with Crippen LogP contribution >= 0.6 is 25.3 Å². The van der Waals surface area contributed by atoms with Gasteiger partial charge in [0.1, 0.15) is 6.07 Å². The molecule has 0 saturated heterocycles. The van der Waals surface area contributed by atoms with Crippen molar-refractivity contribution in [2.24, 2.45) is 0 Å². The Hall–Kier alpha value is -2.82. The van der Waals surface area contributed by atoms with E-state index in [1.165, 1.54) is 0 Å². The van der Waals surface area contributed by atoms with Crippen LogP contribution in [0.5, 0.6) is 0 Å². The van der Waals surface area contributed by atoms with Gasteiger partial charge in [0.05, 0.1) is 11.3 Å². The Labute approximate surface area is 163 Å². The lowest BCUT2D eigenvalue weighted by molar-refractivity contribution is 1.24. The van der Waals surface area contributed by atoms with E-state index in [4.69, 9.17) is 5.73 Å². The average molecular weight is 380 g/mol. The van der Waals surface area contributed by atoms with Crippen molar-refractivity contribution in [2.75, 3.05) is 16.4 Å². The van der Waals surface area contributed by atoms with Gasteiger partial charge in [0, 0.05) is 21.2 Å². The number of benzene rings is 2. The van der Waals surface area contributed by atoms with E-state index in [0.717, 1.165) is 21.2 Å². The van der Waals surface area contributed by atoms with E-state index in [0.29, 0.717) is 28.5 Å². The van der Waals surface area contributed by atoms with Crippen LogP contribution in [0, 0.1) is 18.3 Å². The Morgan fingerprint density at radius 2 is 1.35 bits per heavy atom. The molecule has 7 heteroatoms. The minimum absolute atomic E-state index is 0.411. The monoisotopic (exact) mass is 379 g/mol. The molecule has 0 spiro atoms. The smallest absolute Gasteiger partial charge is 0.156 e. The number of nitrogens with two attached hydrogens (primary N) is 1. The van der Waals surface area contributed by atoms with Crippen molar-refractivity contribution in [1.82, 2.24) is 4.98 Å². The fraction of sp³-hybridized carbons (Fsp3) is 0.0526. The SMILES string of the molecule is Cc1c(N)c(Nc2ccc(S)cc2)nc(Nc2ccc(S)cc2)c1C#N. The predicted molar refractivity (Wildman–Crippen MR) is 112 cm³/mol. The molecule has 3 aromatic rings. The molecule has 3 rings (SSSR count). The lowest BCUT2D eigenvalue weighted by Crippen LogP contribution is -2.07. The maximum absolute atomic E-state index is 9.53. The molecule has 130 valence electrons. The topological polar surface area (TPSA) is 86.8 Å². The molecule has 5 nitrogen and oxygen atoms in total. The van der Waals surface area contributed by atoms with Gasteiger partial charge in [-0.2, -0.15) is 5.26 Å². The summed E-state index contributed by atoms with van der Waals surface area (Å²) in [5.41, 5.74) is 9.35. The van der Waals surface area contributed by atoms with Crippen molar-refractivity contribution in [3.05, 3.63) is 59.7 Å². The zero-order valence-electron chi connectivity index (χ0n) is 14.0. The first-order valence-electron chi connectivity index (χ1n) is 7.80. The Morgan fingerprint density at radius 1 is 0.885 bits per heavy atom. The first kappa shape index (κ1) is 18.0. The number of nitrogen functional groups attached to an aromatic ring is 1. The summed E-state index contributed by atoms with van der Waals surface area (Å²) in [7, 11) is 0. The number of thiol groups is 2. The molecule has 0 unspecified atom stereocenters. The summed E-state index contributed by atoms with van der Waals surface area (Å²) in [5, 5.41) is 15.9. The van der Waals surface area contributed by atoms with Crippen LogP contribution in [0.3, 0.4) is 0 Å². The molecule has 0 saturated carbocycles. The number of hydrogen-bond acceptors (Lipinski definition) is 7. The number of rotatable bonds is 4. The van der Waals surface area contributed by atoms with Crippen molar-refractivity contribution in [2.45, 2.75) is 16.7 Å². The Bertz CT molecular complexity index is 977. The van der Waals surface area contributed by atoms with Gasteiger partial charge in [-0.05, 0) is 61.0 Å². The molecule has 2 aromatic carbocycles. The highest BCUT2D eigenvalue weighted by atomic mass is 32.1. The second-order valence-corrected chi connectivity index (χ2v) is 6.71. The molecule has 1 aromatic heterocycles. The number of nitriles is 1. The Morgan fingerprint density at radius 3 is 1.81 bits per heavy atom. The first-order chi connectivity index (χ1) is 12.5. The molecule has 0 aliphatic carbocycles. The lowest BCUT2D eigenvalue weighted by Gasteiger charge is -2.16. The van der Waals surface area contributed by atoms with E-state index in [2.05, 4.69) is 46.9 Å². The molecule has 26 heavy (non-hydrogen) atoms. The fourth-order valence-corrected chi connectivity index (χ4v) is 2.70. The van der Waals surface area contributed by atoms with Crippen molar-refractivity contribution in [3.63, 3.8) is 0 Å². The lowest BCUT2D eigenvalue weighted by atomic mass is 10.1. The number of aromatic nitrogens is 1. The highest BCUT2D eigenvalue weighted by Gasteiger charge is 2.15. The molecule has 0 amide bonds. The summed E-state index contributed by atoms with van der Waals surface area (Å²) < 4.78 is 0. The van der Waals surface area contributed by atoms with E-state index in [-0.39, 0.29) is 0 Å². The van der Waals surface area contributed by atoms with Crippen LogP contribution in [0.2, 0.25) is 0 Å². The van der Waals surface area contributed by atoms with E-state index in [1.54, 1.807) is 6.92 Å². The van der Waals surface area contributed by atoms with E-state index >= 15 is 0 Å². The predicted octanol–water partition coefficient (Wildman–Crippen LogP) is 4.91. The van der Waals surface area contributed by atoms with Crippen LogP contribution in [0.1, 0.15) is 11.1 Å². The average Bonchev–Trinajstić information content (AvgIpc) is 2.63. The van der Waals surface area contributed by atoms with Gasteiger partial charge in [-0.1, -0.05) is 0 Å². The molecule has 0 aliphatic heterocycles. The summed E-state index contributed by atoms with van der Waals surface area (Å²) in [6.45, 7) is 1.81. The molecular formula is C19H17N5S2. The standard InChI is InChI=1S/C19H17N5S2/c1-11-16(10-20)18(22-12-2-6-14(25)7-3-12)24-19(17(11)21)23-13-4-8-15(26)9-5-13/h2-9,25-26H,21H2,1H3,(H2,22,23,24). The van der Waals surface area contributed by atoms with E-state index in [9.17, 15) is 5.26 Å². The van der Waals surface area contributed by atoms with Crippen LogP contribution in [-0.4, -0.2) is 4.98 Å². The number of nitrogens with zero attached hydrogens (tertiary/aromatic N) is 2. The third kappa shape index (κ3) is 3.87. The number of anilines is 5. The third-order valence-corrected chi connectivity index (χ3v) is 4.46. The van der Waals surface area contributed by atoms with Gasteiger partial charge in [0.2, 0.25) is 0 Å². The fourth-order valence-electron chi connectivity index (χ4n) is 2.40. The van der Waals surface area contributed by atoms with Gasteiger partial charge < -0.3 is 16.4 Å². The number of nitrogens with one attached hydrogen (secondary N) is 2. The second-order valence-electron chi connectivity index (χ2n) is 5.68. The molecule has 0 radical (unpaired) electrons. The minimum atomic E-state index is 0.411. The highest BCUT2D eigenvalue weighted by molar-refractivity contribution is 7.80. The Kier molecular flexibility index (Phi) is 5.26. The summed E-state index contributed by atoms with van der Waals surface area (Å²) in [4.78, 5) is 6.25. The zero-order chi connectivity index (χ0) is 18.7. The van der Waals surface area contributed by atoms with E-state index in [1.807, 2.05) is 48.5 Å².